The third kappa shape index (κ3) is 3.49. The van der Waals surface area contributed by atoms with Gasteiger partial charge in [-0.15, -0.1) is 21.5 Å². The lowest BCUT2D eigenvalue weighted by Crippen LogP contribution is -1.99. The second kappa shape index (κ2) is 7.52. The summed E-state index contributed by atoms with van der Waals surface area (Å²) in [7, 11) is 0. The van der Waals surface area contributed by atoms with Gasteiger partial charge in [-0.3, -0.25) is 4.57 Å². The van der Waals surface area contributed by atoms with Crippen LogP contribution in [0.5, 0.6) is 0 Å². The number of thioether (sulfide) groups is 1. The maximum atomic E-state index is 5.46. The third-order valence-electron chi connectivity index (χ3n) is 4.73. The van der Waals surface area contributed by atoms with Crippen LogP contribution < -0.4 is 0 Å². The van der Waals surface area contributed by atoms with Gasteiger partial charge in [0.05, 0.1) is 10.6 Å². The lowest BCUT2D eigenvalue weighted by atomic mass is 10.1. The predicted octanol–water partition coefficient (Wildman–Crippen LogP) is 5.25. The molecule has 1 aliphatic rings. The molecule has 1 saturated carbocycles. The zero-order valence-electron chi connectivity index (χ0n) is 15.4. The second-order valence-corrected chi connectivity index (χ2v) is 8.63. The summed E-state index contributed by atoms with van der Waals surface area (Å²) >= 11 is 3.29. The minimum absolute atomic E-state index is 0.505. The molecular weight excluding hydrogens is 390 g/mol. The van der Waals surface area contributed by atoms with Crippen molar-refractivity contribution in [3.63, 3.8) is 0 Å². The summed E-state index contributed by atoms with van der Waals surface area (Å²) in [6.07, 6.45) is 3.38. The summed E-state index contributed by atoms with van der Waals surface area (Å²) in [5.74, 6) is 2.76. The van der Waals surface area contributed by atoms with E-state index in [0.717, 1.165) is 27.8 Å². The van der Waals surface area contributed by atoms with Gasteiger partial charge in [-0.05, 0) is 36.3 Å². The van der Waals surface area contributed by atoms with Crippen LogP contribution in [0.1, 0.15) is 37.3 Å². The van der Waals surface area contributed by atoms with Crippen molar-refractivity contribution >= 4 is 23.1 Å². The molecule has 0 bridgehead atoms. The van der Waals surface area contributed by atoms with Crippen LogP contribution in [0.15, 0.2) is 51.5 Å². The first-order valence-electron chi connectivity index (χ1n) is 9.35. The van der Waals surface area contributed by atoms with E-state index in [1.165, 1.54) is 18.4 Å². The fourth-order valence-electron chi connectivity index (χ4n) is 3.06. The number of hydrogen-bond acceptors (Lipinski definition) is 7. The van der Waals surface area contributed by atoms with E-state index in [1.54, 1.807) is 23.1 Å². The van der Waals surface area contributed by atoms with Crippen molar-refractivity contribution in [3.8, 4) is 22.1 Å². The first kappa shape index (κ1) is 17.6. The van der Waals surface area contributed by atoms with Gasteiger partial charge in [-0.1, -0.05) is 54.2 Å². The fourth-order valence-corrected chi connectivity index (χ4v) is 4.61. The molecule has 1 aliphatic carbocycles. The Hall–Kier alpha value is -2.45. The van der Waals surface area contributed by atoms with Gasteiger partial charge in [0.1, 0.15) is 0 Å². The Labute approximate surface area is 171 Å². The molecule has 0 radical (unpaired) electrons. The highest BCUT2D eigenvalue weighted by molar-refractivity contribution is 7.98. The molecule has 5 rings (SSSR count). The molecule has 28 heavy (non-hydrogen) atoms. The number of aryl methyl sites for hydroxylation is 1. The van der Waals surface area contributed by atoms with Gasteiger partial charge in [0, 0.05) is 11.6 Å². The van der Waals surface area contributed by atoms with Crippen molar-refractivity contribution in [1.82, 2.24) is 24.9 Å². The Kier molecular flexibility index (Phi) is 4.74. The summed E-state index contributed by atoms with van der Waals surface area (Å²) < 4.78 is 7.72. The van der Waals surface area contributed by atoms with Crippen molar-refractivity contribution in [2.24, 2.45) is 0 Å². The van der Waals surface area contributed by atoms with Gasteiger partial charge in [0.15, 0.2) is 11.0 Å². The molecule has 3 heterocycles. The van der Waals surface area contributed by atoms with E-state index in [1.807, 2.05) is 18.2 Å². The highest BCUT2D eigenvalue weighted by Crippen LogP contribution is 2.42. The molecule has 0 amide bonds. The van der Waals surface area contributed by atoms with E-state index in [2.05, 4.69) is 55.4 Å². The SMILES string of the molecule is CCc1ccc(-c2noc(CSc3nnc(-c4cccs4)n3C3CC3)n2)cc1. The molecule has 3 aromatic heterocycles. The summed E-state index contributed by atoms with van der Waals surface area (Å²) in [5, 5.41) is 16.0. The minimum atomic E-state index is 0.505. The smallest absolute Gasteiger partial charge is 0.237 e. The molecule has 0 atom stereocenters. The zero-order chi connectivity index (χ0) is 18.9. The maximum absolute atomic E-state index is 5.46. The number of hydrogen-bond donors (Lipinski definition) is 0. The normalized spacial score (nSPS) is 13.9. The van der Waals surface area contributed by atoms with Crippen molar-refractivity contribution in [2.75, 3.05) is 0 Å². The van der Waals surface area contributed by atoms with Gasteiger partial charge >= 0.3 is 0 Å². The van der Waals surface area contributed by atoms with Gasteiger partial charge in [-0.2, -0.15) is 4.98 Å². The van der Waals surface area contributed by atoms with Crippen molar-refractivity contribution in [1.29, 1.82) is 0 Å². The molecule has 0 aliphatic heterocycles. The quantitative estimate of drug-likeness (QED) is 0.389. The van der Waals surface area contributed by atoms with E-state index in [9.17, 15) is 0 Å². The molecule has 0 saturated heterocycles. The molecule has 0 N–H and O–H groups in total. The second-order valence-electron chi connectivity index (χ2n) is 6.74. The van der Waals surface area contributed by atoms with E-state index in [4.69, 9.17) is 4.52 Å². The molecule has 142 valence electrons. The van der Waals surface area contributed by atoms with Gasteiger partial charge < -0.3 is 4.52 Å². The zero-order valence-corrected chi connectivity index (χ0v) is 17.0. The molecule has 1 aromatic carbocycles. The van der Waals surface area contributed by atoms with Crippen LogP contribution >= 0.6 is 23.1 Å². The van der Waals surface area contributed by atoms with Crippen LogP contribution in [-0.2, 0) is 12.2 Å². The molecular formula is C20H19N5OS2. The Morgan fingerprint density at radius 3 is 2.75 bits per heavy atom. The third-order valence-corrected chi connectivity index (χ3v) is 6.52. The summed E-state index contributed by atoms with van der Waals surface area (Å²) in [5.41, 5.74) is 2.27. The molecule has 8 heteroatoms. The average molecular weight is 410 g/mol. The molecule has 4 aromatic rings. The molecule has 6 nitrogen and oxygen atoms in total. The van der Waals surface area contributed by atoms with E-state index >= 15 is 0 Å². The molecule has 1 fully saturated rings. The minimum Gasteiger partial charge on any atom is -0.338 e. The number of aromatic nitrogens is 5. The predicted molar refractivity (Wildman–Crippen MR) is 110 cm³/mol. The van der Waals surface area contributed by atoms with Crippen LogP contribution in [0.2, 0.25) is 0 Å². The largest absolute Gasteiger partial charge is 0.338 e. The fraction of sp³-hybridized carbons (Fsp3) is 0.300. The van der Waals surface area contributed by atoms with Gasteiger partial charge in [0.2, 0.25) is 11.7 Å². The Balaban J connectivity index is 1.32. The summed E-state index contributed by atoms with van der Waals surface area (Å²) in [6, 6.07) is 12.9. The first-order chi connectivity index (χ1) is 13.8. The van der Waals surface area contributed by atoms with Crippen molar-refractivity contribution < 1.29 is 4.52 Å². The van der Waals surface area contributed by atoms with Crippen LogP contribution in [0, 0.1) is 0 Å². The van der Waals surface area contributed by atoms with E-state index in [-0.39, 0.29) is 0 Å². The maximum Gasteiger partial charge on any atom is 0.237 e. The van der Waals surface area contributed by atoms with Crippen LogP contribution in [0.4, 0.5) is 0 Å². The van der Waals surface area contributed by atoms with Gasteiger partial charge in [-0.25, -0.2) is 0 Å². The topological polar surface area (TPSA) is 69.6 Å². The average Bonchev–Trinajstić information content (AvgIpc) is 3.16. The summed E-state index contributed by atoms with van der Waals surface area (Å²) in [6.45, 7) is 2.14. The standard InChI is InChI=1S/C20H19N5OS2/c1-2-13-5-7-14(8-6-13)18-21-17(26-24-18)12-28-20-23-22-19(16-4-3-11-27-16)25(20)15-9-10-15/h3-8,11,15H,2,9-10,12H2,1H3. The van der Waals surface area contributed by atoms with Gasteiger partial charge in [0.25, 0.3) is 0 Å². The Bertz CT molecular complexity index is 1060. The lowest BCUT2D eigenvalue weighted by molar-refractivity contribution is 0.391. The van der Waals surface area contributed by atoms with Crippen molar-refractivity contribution in [3.05, 3.63) is 53.2 Å². The highest BCUT2D eigenvalue weighted by Gasteiger charge is 2.30. The Morgan fingerprint density at radius 1 is 1.18 bits per heavy atom. The number of rotatable bonds is 7. The molecule has 0 spiro atoms. The van der Waals surface area contributed by atoms with E-state index in [0.29, 0.717) is 23.5 Å². The van der Waals surface area contributed by atoms with Crippen molar-refractivity contribution in [2.45, 2.75) is 43.1 Å². The number of nitrogens with zero attached hydrogens (tertiary/aromatic N) is 5. The monoisotopic (exact) mass is 409 g/mol. The van der Waals surface area contributed by atoms with Crippen LogP contribution in [0.3, 0.4) is 0 Å². The number of benzene rings is 1. The van der Waals surface area contributed by atoms with Crippen LogP contribution in [0.25, 0.3) is 22.1 Å². The Morgan fingerprint density at radius 2 is 2.04 bits per heavy atom. The summed E-state index contributed by atoms with van der Waals surface area (Å²) in [4.78, 5) is 5.70. The highest BCUT2D eigenvalue weighted by atomic mass is 32.2. The van der Waals surface area contributed by atoms with E-state index < -0.39 is 0 Å². The number of thiophene rings is 1. The van der Waals surface area contributed by atoms with Crippen LogP contribution in [-0.4, -0.2) is 24.9 Å². The first-order valence-corrected chi connectivity index (χ1v) is 11.2. The molecule has 0 unspecified atom stereocenters. The lowest BCUT2D eigenvalue weighted by Gasteiger charge is -2.06.